The minimum Gasteiger partial charge on any atom is -0.390 e. The number of fused-ring (bicyclic) bond motifs is 1. The predicted octanol–water partition coefficient (Wildman–Crippen LogP) is 4.53. The van der Waals surface area contributed by atoms with E-state index in [1.165, 1.54) is 0 Å². The van der Waals surface area contributed by atoms with Crippen LogP contribution in [0.3, 0.4) is 0 Å². The van der Waals surface area contributed by atoms with Crippen molar-refractivity contribution in [2.75, 3.05) is 0 Å². The van der Waals surface area contributed by atoms with Crippen LogP contribution in [0.2, 0.25) is 0 Å². The van der Waals surface area contributed by atoms with E-state index in [0.29, 0.717) is 6.61 Å². The Kier molecular flexibility index (Phi) is 4.25. The third-order valence-electron chi connectivity index (χ3n) is 3.96. The molecule has 2 heterocycles. The van der Waals surface area contributed by atoms with E-state index in [1.54, 1.807) is 6.20 Å². The predicted molar refractivity (Wildman–Crippen MR) is 99.4 cm³/mol. The van der Waals surface area contributed by atoms with Crippen molar-refractivity contribution in [2.45, 2.75) is 6.61 Å². The highest BCUT2D eigenvalue weighted by Gasteiger charge is 2.11. The zero-order valence-electron chi connectivity index (χ0n) is 13.6. The minimum absolute atomic E-state index is 0.430. The first-order chi connectivity index (χ1) is 12.4. The van der Waals surface area contributed by atoms with E-state index in [0.717, 1.165) is 33.4 Å². The molecule has 2 aromatic heterocycles. The second-order valence-corrected chi connectivity index (χ2v) is 5.71. The summed E-state index contributed by atoms with van der Waals surface area (Å²) in [6, 6.07) is 24.1. The van der Waals surface area contributed by atoms with Crippen molar-refractivity contribution in [3.05, 3.63) is 102 Å². The maximum Gasteiger partial charge on any atom is 0.142 e. The van der Waals surface area contributed by atoms with Gasteiger partial charge in [0.2, 0.25) is 0 Å². The number of benzene rings is 2. The first-order valence-corrected chi connectivity index (χ1v) is 8.12. The second-order valence-electron chi connectivity index (χ2n) is 5.71. The van der Waals surface area contributed by atoms with E-state index in [4.69, 9.17) is 4.84 Å². The number of oxime groups is 1. The van der Waals surface area contributed by atoms with Crippen LogP contribution in [0.25, 0.3) is 10.9 Å². The maximum atomic E-state index is 5.64. The van der Waals surface area contributed by atoms with Gasteiger partial charge in [0.1, 0.15) is 12.3 Å². The fourth-order valence-corrected chi connectivity index (χ4v) is 2.70. The highest BCUT2D eigenvalue weighted by atomic mass is 16.6. The summed E-state index contributed by atoms with van der Waals surface area (Å²) in [4.78, 5) is 13.2. The molecule has 0 saturated carbocycles. The molecule has 0 bridgehead atoms. The first kappa shape index (κ1) is 15.1. The molecule has 0 amide bonds. The summed E-state index contributed by atoms with van der Waals surface area (Å²) in [6.07, 6.45) is 3.59. The molecule has 1 N–H and O–H groups in total. The number of aromatic nitrogens is 2. The lowest BCUT2D eigenvalue weighted by Gasteiger charge is -2.06. The third-order valence-corrected chi connectivity index (χ3v) is 3.96. The largest absolute Gasteiger partial charge is 0.390 e. The van der Waals surface area contributed by atoms with Gasteiger partial charge < -0.3 is 9.82 Å². The Morgan fingerprint density at radius 3 is 2.48 bits per heavy atom. The van der Waals surface area contributed by atoms with Gasteiger partial charge in [-0.05, 0) is 17.7 Å². The van der Waals surface area contributed by atoms with Crippen molar-refractivity contribution in [1.82, 2.24) is 9.97 Å². The molecule has 0 fully saturated rings. The number of H-pyrrole nitrogens is 1. The van der Waals surface area contributed by atoms with Crippen LogP contribution in [-0.2, 0) is 11.4 Å². The molecule has 0 aliphatic carbocycles. The van der Waals surface area contributed by atoms with E-state index < -0.39 is 0 Å². The third kappa shape index (κ3) is 3.43. The topological polar surface area (TPSA) is 50.3 Å². The van der Waals surface area contributed by atoms with E-state index in [1.807, 2.05) is 72.9 Å². The van der Waals surface area contributed by atoms with Crippen LogP contribution in [-0.4, -0.2) is 15.7 Å². The van der Waals surface area contributed by atoms with Crippen molar-refractivity contribution in [3.8, 4) is 0 Å². The van der Waals surface area contributed by atoms with Gasteiger partial charge in [-0.1, -0.05) is 65.8 Å². The standard InChI is InChI=1S/C21H17N3O/c1-3-7-16(8-4-1)15-25-24-21(17-9-5-2-6-10-17)19-13-18-11-12-22-14-20(18)23-19/h1-14,23H,15H2/b24-21+. The smallest absolute Gasteiger partial charge is 0.142 e. The molecule has 0 radical (unpaired) electrons. The van der Waals surface area contributed by atoms with Gasteiger partial charge in [-0.15, -0.1) is 0 Å². The van der Waals surface area contributed by atoms with Crippen molar-refractivity contribution < 1.29 is 4.84 Å². The Balaban J connectivity index is 1.68. The van der Waals surface area contributed by atoms with Crippen molar-refractivity contribution in [3.63, 3.8) is 0 Å². The Hall–Kier alpha value is -3.40. The molecule has 122 valence electrons. The van der Waals surface area contributed by atoms with Crippen LogP contribution >= 0.6 is 0 Å². The fraction of sp³-hybridized carbons (Fsp3) is 0.0476. The molecule has 4 aromatic rings. The summed E-state index contributed by atoms with van der Waals surface area (Å²) in [5, 5.41) is 5.51. The SMILES string of the molecule is c1ccc(CO/N=C(\c2ccccc2)c2cc3ccncc3[nH]2)cc1. The molecule has 4 rings (SSSR count). The number of nitrogens with zero attached hydrogens (tertiary/aromatic N) is 2. The van der Waals surface area contributed by atoms with Gasteiger partial charge in [-0.3, -0.25) is 4.98 Å². The van der Waals surface area contributed by atoms with Gasteiger partial charge in [0.05, 0.1) is 17.4 Å². The number of pyridine rings is 1. The average Bonchev–Trinajstić information content (AvgIpc) is 3.10. The molecule has 25 heavy (non-hydrogen) atoms. The van der Waals surface area contributed by atoms with Crippen molar-refractivity contribution >= 4 is 16.6 Å². The van der Waals surface area contributed by atoms with Gasteiger partial charge in [0, 0.05) is 17.1 Å². The molecule has 0 aliphatic heterocycles. The zero-order chi connectivity index (χ0) is 16.9. The molecule has 4 heteroatoms. The molecular formula is C21H17N3O. The van der Waals surface area contributed by atoms with Crippen LogP contribution in [0.1, 0.15) is 16.8 Å². The monoisotopic (exact) mass is 327 g/mol. The molecule has 0 atom stereocenters. The Morgan fingerprint density at radius 2 is 1.72 bits per heavy atom. The highest BCUT2D eigenvalue weighted by molar-refractivity contribution is 6.13. The summed E-state index contributed by atoms with van der Waals surface area (Å²) >= 11 is 0. The number of hydrogen-bond donors (Lipinski definition) is 1. The lowest BCUT2D eigenvalue weighted by atomic mass is 10.1. The molecule has 0 unspecified atom stereocenters. The zero-order valence-corrected chi connectivity index (χ0v) is 13.6. The Morgan fingerprint density at radius 1 is 0.960 bits per heavy atom. The second kappa shape index (κ2) is 7.01. The van der Waals surface area contributed by atoms with Gasteiger partial charge in [0.15, 0.2) is 0 Å². The number of rotatable bonds is 5. The molecule has 0 saturated heterocycles. The minimum atomic E-state index is 0.430. The van der Waals surface area contributed by atoms with Gasteiger partial charge in [-0.2, -0.15) is 0 Å². The van der Waals surface area contributed by atoms with Gasteiger partial charge >= 0.3 is 0 Å². The summed E-state index contributed by atoms with van der Waals surface area (Å²) in [5.41, 5.74) is 4.73. The molecule has 0 spiro atoms. The van der Waals surface area contributed by atoms with Crippen LogP contribution in [0.15, 0.2) is 90.3 Å². The average molecular weight is 327 g/mol. The van der Waals surface area contributed by atoms with Gasteiger partial charge in [-0.25, -0.2) is 0 Å². The molecule has 0 aliphatic rings. The van der Waals surface area contributed by atoms with Crippen LogP contribution in [0, 0.1) is 0 Å². The summed E-state index contributed by atoms with van der Waals surface area (Å²) in [7, 11) is 0. The molecular weight excluding hydrogens is 310 g/mol. The van der Waals surface area contributed by atoms with Crippen molar-refractivity contribution in [1.29, 1.82) is 0 Å². The highest BCUT2D eigenvalue weighted by Crippen LogP contribution is 2.18. The number of hydrogen-bond acceptors (Lipinski definition) is 3. The van der Waals surface area contributed by atoms with Crippen molar-refractivity contribution in [2.24, 2.45) is 5.16 Å². The van der Waals surface area contributed by atoms with Crippen LogP contribution in [0.5, 0.6) is 0 Å². The fourth-order valence-electron chi connectivity index (χ4n) is 2.70. The summed E-state index contributed by atoms with van der Waals surface area (Å²) < 4.78 is 0. The quantitative estimate of drug-likeness (QED) is 0.432. The Labute approximate surface area is 145 Å². The maximum absolute atomic E-state index is 5.64. The summed E-state index contributed by atoms with van der Waals surface area (Å²) in [5.74, 6) is 0. The normalized spacial score (nSPS) is 11.6. The molecule has 4 nitrogen and oxygen atoms in total. The van der Waals surface area contributed by atoms with Crippen LogP contribution < -0.4 is 0 Å². The lowest BCUT2D eigenvalue weighted by Crippen LogP contribution is -2.05. The van der Waals surface area contributed by atoms with Crippen LogP contribution in [0.4, 0.5) is 0 Å². The van der Waals surface area contributed by atoms with E-state index >= 15 is 0 Å². The van der Waals surface area contributed by atoms with E-state index in [9.17, 15) is 0 Å². The van der Waals surface area contributed by atoms with E-state index in [2.05, 4.69) is 21.2 Å². The molecule has 2 aromatic carbocycles. The van der Waals surface area contributed by atoms with E-state index in [-0.39, 0.29) is 0 Å². The summed E-state index contributed by atoms with van der Waals surface area (Å²) in [6.45, 7) is 0.430. The first-order valence-electron chi connectivity index (χ1n) is 8.12. The number of nitrogens with one attached hydrogen (secondary N) is 1. The Bertz CT molecular complexity index is 958. The van der Waals surface area contributed by atoms with Gasteiger partial charge in [0.25, 0.3) is 0 Å². The number of aromatic amines is 1. The lowest BCUT2D eigenvalue weighted by molar-refractivity contribution is 0.131.